The predicted octanol–water partition coefficient (Wildman–Crippen LogP) is 5.83. The maximum absolute atomic E-state index is 12.3. The van der Waals surface area contributed by atoms with Crippen LogP contribution in [0, 0.1) is 0 Å². The minimum atomic E-state index is -0.168. The van der Waals surface area contributed by atoms with Crippen molar-refractivity contribution in [2.24, 2.45) is 0 Å². The zero-order chi connectivity index (χ0) is 26.0. The lowest BCUT2D eigenvalue weighted by atomic mass is 10.0. The van der Waals surface area contributed by atoms with Crippen LogP contribution in [0.1, 0.15) is 35.1 Å². The Labute approximate surface area is 216 Å². The van der Waals surface area contributed by atoms with Crippen LogP contribution in [0.2, 0.25) is 0 Å². The minimum absolute atomic E-state index is 0.0166. The van der Waals surface area contributed by atoms with Crippen molar-refractivity contribution < 1.29 is 19.8 Å². The van der Waals surface area contributed by atoms with Crippen molar-refractivity contribution in [3.63, 3.8) is 0 Å². The molecule has 0 aliphatic rings. The van der Waals surface area contributed by atoms with E-state index < -0.39 is 0 Å². The van der Waals surface area contributed by atoms with E-state index in [4.69, 9.17) is 0 Å². The first-order valence-corrected chi connectivity index (χ1v) is 12.3. The third-order valence-corrected chi connectivity index (χ3v) is 6.05. The first-order valence-electron chi connectivity index (χ1n) is 12.3. The minimum Gasteiger partial charge on any atom is -0.506 e. The van der Waals surface area contributed by atoms with Crippen LogP contribution in [0.4, 0.5) is 11.4 Å². The Morgan fingerprint density at radius 2 is 0.946 bits per heavy atom. The maximum Gasteiger partial charge on any atom is 0.224 e. The van der Waals surface area contributed by atoms with E-state index in [2.05, 4.69) is 10.6 Å². The number of carbonyl (C=O) groups excluding carboxylic acids is 2. The third kappa shape index (κ3) is 7.70. The van der Waals surface area contributed by atoms with Gasteiger partial charge < -0.3 is 20.8 Å². The van der Waals surface area contributed by atoms with Crippen molar-refractivity contribution in [2.75, 3.05) is 10.6 Å². The molecule has 37 heavy (non-hydrogen) atoms. The van der Waals surface area contributed by atoms with E-state index >= 15 is 0 Å². The standard InChI is InChI=1S/C31H30N2O4/c34-28-20-24(11-15-26(28)32-30(36)17-13-22-7-3-1-4-8-22)19-25-12-16-27(29(35)21-25)33-31(37)18-14-23-9-5-2-6-10-23/h1-12,15-16,20-21,34-35H,13-14,17-19H2,(H,32,36)(H,33,37). The smallest absolute Gasteiger partial charge is 0.224 e. The quantitative estimate of drug-likeness (QED) is 0.208. The molecule has 4 aromatic rings. The van der Waals surface area contributed by atoms with Gasteiger partial charge in [-0.2, -0.15) is 0 Å². The Hall–Kier alpha value is -4.58. The van der Waals surface area contributed by atoms with E-state index in [1.54, 1.807) is 24.3 Å². The van der Waals surface area contributed by atoms with Crippen LogP contribution in [0.3, 0.4) is 0 Å². The summed E-state index contributed by atoms with van der Waals surface area (Å²) in [4.78, 5) is 24.6. The highest BCUT2D eigenvalue weighted by Gasteiger charge is 2.11. The molecular weight excluding hydrogens is 464 g/mol. The van der Waals surface area contributed by atoms with Crippen LogP contribution >= 0.6 is 0 Å². The first kappa shape index (κ1) is 25.5. The number of anilines is 2. The van der Waals surface area contributed by atoms with Crippen molar-refractivity contribution in [1.82, 2.24) is 0 Å². The van der Waals surface area contributed by atoms with Crippen molar-refractivity contribution in [3.8, 4) is 11.5 Å². The molecule has 4 aromatic carbocycles. The Bertz CT molecular complexity index is 1250. The Morgan fingerprint density at radius 1 is 0.541 bits per heavy atom. The first-order chi connectivity index (χ1) is 18.0. The molecule has 0 saturated carbocycles. The summed E-state index contributed by atoms with van der Waals surface area (Å²) >= 11 is 0. The van der Waals surface area contributed by atoms with Crippen LogP contribution in [0.15, 0.2) is 97.1 Å². The van der Waals surface area contributed by atoms with E-state index in [1.807, 2.05) is 72.8 Å². The number of hydrogen-bond donors (Lipinski definition) is 4. The maximum atomic E-state index is 12.3. The van der Waals surface area contributed by atoms with Gasteiger partial charge >= 0.3 is 0 Å². The second kappa shape index (κ2) is 12.4. The summed E-state index contributed by atoms with van der Waals surface area (Å²) in [6.45, 7) is 0. The topological polar surface area (TPSA) is 98.7 Å². The zero-order valence-corrected chi connectivity index (χ0v) is 20.5. The van der Waals surface area contributed by atoms with Gasteiger partial charge in [0.15, 0.2) is 0 Å². The molecule has 0 heterocycles. The molecule has 6 nitrogen and oxygen atoms in total. The van der Waals surface area contributed by atoms with Gasteiger partial charge in [-0.3, -0.25) is 9.59 Å². The number of nitrogens with one attached hydrogen (secondary N) is 2. The summed E-state index contributed by atoms with van der Waals surface area (Å²) in [6, 6.07) is 29.7. The van der Waals surface area contributed by atoms with Crippen LogP contribution in [-0.2, 0) is 28.9 Å². The Kier molecular flexibility index (Phi) is 8.55. The number of phenols is 2. The number of phenolic OH excluding ortho intramolecular Hbond substituents is 2. The van der Waals surface area contributed by atoms with Crippen molar-refractivity contribution in [3.05, 3.63) is 119 Å². The number of benzene rings is 4. The molecule has 2 amide bonds. The summed E-state index contributed by atoms with van der Waals surface area (Å²) in [5.41, 5.74) is 4.52. The molecule has 0 fully saturated rings. The van der Waals surface area contributed by atoms with Gasteiger partial charge in [-0.1, -0.05) is 72.8 Å². The Balaban J connectivity index is 1.29. The highest BCUT2D eigenvalue weighted by atomic mass is 16.3. The molecule has 0 atom stereocenters. The second-order valence-corrected chi connectivity index (χ2v) is 8.95. The Morgan fingerprint density at radius 3 is 1.32 bits per heavy atom. The molecule has 4 rings (SSSR count). The summed E-state index contributed by atoms with van der Waals surface area (Å²) in [5, 5.41) is 26.4. The van der Waals surface area contributed by atoms with E-state index in [0.29, 0.717) is 43.5 Å². The van der Waals surface area contributed by atoms with Gasteiger partial charge in [-0.05, 0) is 65.8 Å². The largest absolute Gasteiger partial charge is 0.506 e. The number of hydrogen-bond acceptors (Lipinski definition) is 4. The molecular formula is C31H30N2O4. The predicted molar refractivity (Wildman–Crippen MR) is 146 cm³/mol. The van der Waals surface area contributed by atoms with Gasteiger partial charge in [0.05, 0.1) is 11.4 Å². The lowest BCUT2D eigenvalue weighted by Gasteiger charge is -2.11. The van der Waals surface area contributed by atoms with Crippen LogP contribution in [-0.4, -0.2) is 22.0 Å². The van der Waals surface area contributed by atoms with Gasteiger partial charge in [0.25, 0.3) is 0 Å². The monoisotopic (exact) mass is 494 g/mol. The highest BCUT2D eigenvalue weighted by molar-refractivity contribution is 5.93. The number of aryl methyl sites for hydroxylation is 2. The number of aromatic hydroxyl groups is 2. The van der Waals surface area contributed by atoms with Gasteiger partial charge in [0.1, 0.15) is 11.5 Å². The van der Waals surface area contributed by atoms with Crippen molar-refractivity contribution in [2.45, 2.75) is 32.1 Å². The summed E-state index contributed by atoms with van der Waals surface area (Å²) in [6.07, 6.45) is 2.35. The van der Waals surface area contributed by atoms with Crippen molar-refractivity contribution >= 4 is 23.2 Å². The molecule has 0 radical (unpaired) electrons. The summed E-state index contributed by atoms with van der Waals surface area (Å²) < 4.78 is 0. The highest BCUT2D eigenvalue weighted by Crippen LogP contribution is 2.29. The molecule has 0 aliphatic carbocycles. The fourth-order valence-electron chi connectivity index (χ4n) is 4.05. The SMILES string of the molecule is O=C(CCc1ccccc1)Nc1ccc(Cc2ccc(NC(=O)CCc3ccccc3)c(O)c2)cc1O. The van der Waals surface area contributed by atoms with E-state index in [9.17, 15) is 19.8 Å². The molecule has 4 N–H and O–H groups in total. The molecule has 6 heteroatoms. The molecule has 188 valence electrons. The fraction of sp³-hybridized carbons (Fsp3) is 0.161. The fourth-order valence-corrected chi connectivity index (χ4v) is 4.05. The lowest BCUT2D eigenvalue weighted by molar-refractivity contribution is -0.117. The molecule has 0 bridgehead atoms. The lowest BCUT2D eigenvalue weighted by Crippen LogP contribution is -2.12. The van der Waals surface area contributed by atoms with Gasteiger partial charge in [-0.25, -0.2) is 0 Å². The molecule has 0 saturated heterocycles. The molecule has 0 unspecified atom stereocenters. The number of rotatable bonds is 10. The second-order valence-electron chi connectivity index (χ2n) is 8.95. The normalized spacial score (nSPS) is 10.6. The van der Waals surface area contributed by atoms with Gasteiger partial charge in [0, 0.05) is 12.8 Å². The van der Waals surface area contributed by atoms with Gasteiger partial charge in [-0.15, -0.1) is 0 Å². The molecule has 0 aliphatic heterocycles. The van der Waals surface area contributed by atoms with Gasteiger partial charge in [0.2, 0.25) is 11.8 Å². The molecule has 0 spiro atoms. The summed E-state index contributed by atoms with van der Waals surface area (Å²) in [5.74, 6) is -0.370. The van der Waals surface area contributed by atoms with Crippen LogP contribution in [0.5, 0.6) is 11.5 Å². The average molecular weight is 495 g/mol. The van der Waals surface area contributed by atoms with Crippen molar-refractivity contribution in [1.29, 1.82) is 0 Å². The third-order valence-electron chi connectivity index (χ3n) is 6.05. The van der Waals surface area contributed by atoms with E-state index in [1.165, 1.54) is 0 Å². The van der Waals surface area contributed by atoms with E-state index in [-0.39, 0.29) is 23.3 Å². The zero-order valence-electron chi connectivity index (χ0n) is 20.5. The van der Waals surface area contributed by atoms with Crippen LogP contribution in [0.25, 0.3) is 0 Å². The number of amides is 2. The van der Waals surface area contributed by atoms with Crippen LogP contribution < -0.4 is 10.6 Å². The summed E-state index contributed by atoms with van der Waals surface area (Å²) in [7, 11) is 0. The van der Waals surface area contributed by atoms with E-state index in [0.717, 1.165) is 22.3 Å². The number of carbonyl (C=O) groups is 2. The average Bonchev–Trinajstić information content (AvgIpc) is 2.91. The molecule has 0 aromatic heterocycles.